The first-order chi connectivity index (χ1) is 14.2. The van der Waals surface area contributed by atoms with E-state index in [2.05, 4.69) is 10.4 Å². The van der Waals surface area contributed by atoms with Crippen LogP contribution in [0.1, 0.15) is 17.5 Å². The first-order valence-corrected chi connectivity index (χ1v) is 9.54. The highest BCUT2D eigenvalue weighted by Gasteiger charge is 2.25. The lowest BCUT2D eigenvalue weighted by Crippen LogP contribution is -2.41. The molecule has 2 amide bonds. The monoisotopic (exact) mass is 390 g/mol. The van der Waals surface area contributed by atoms with E-state index in [4.69, 9.17) is 4.74 Å². The number of benzene rings is 2. The second-order valence-electron chi connectivity index (χ2n) is 6.80. The molecule has 0 bridgehead atoms. The summed E-state index contributed by atoms with van der Waals surface area (Å²) in [6, 6.07) is 17.2. The molecule has 1 N–H and O–H groups in total. The number of hydrogen-bond donors (Lipinski definition) is 1. The Balaban J connectivity index is 1.34. The molecule has 7 nitrogen and oxygen atoms in total. The summed E-state index contributed by atoms with van der Waals surface area (Å²) in [4.78, 5) is 26.2. The minimum atomic E-state index is -0.138. The van der Waals surface area contributed by atoms with Gasteiger partial charge in [-0.1, -0.05) is 36.4 Å². The van der Waals surface area contributed by atoms with Gasteiger partial charge in [0.2, 0.25) is 5.91 Å². The molecule has 0 unspecified atom stereocenters. The molecule has 1 aliphatic rings. The number of carbonyl (C=O) groups excluding carboxylic acids is 2. The summed E-state index contributed by atoms with van der Waals surface area (Å²) in [6.45, 7) is 1.40. The van der Waals surface area contributed by atoms with E-state index >= 15 is 0 Å². The molecule has 0 saturated heterocycles. The summed E-state index contributed by atoms with van der Waals surface area (Å²) in [5.41, 5.74) is 2.86. The van der Waals surface area contributed by atoms with Crippen LogP contribution in [0.15, 0.2) is 67.0 Å². The number of ether oxygens (including phenoxy) is 1. The van der Waals surface area contributed by atoms with Gasteiger partial charge in [0.1, 0.15) is 5.75 Å². The Morgan fingerprint density at radius 2 is 1.86 bits per heavy atom. The number of aromatic nitrogens is 2. The maximum Gasteiger partial charge on any atom is 0.265 e. The molecule has 0 radical (unpaired) electrons. The van der Waals surface area contributed by atoms with E-state index in [9.17, 15) is 9.59 Å². The van der Waals surface area contributed by atoms with Crippen molar-refractivity contribution in [2.45, 2.75) is 19.5 Å². The molecule has 2 aromatic carbocycles. The Morgan fingerprint density at radius 3 is 2.69 bits per heavy atom. The number of carbonyl (C=O) groups is 2. The fourth-order valence-electron chi connectivity index (χ4n) is 3.35. The van der Waals surface area contributed by atoms with Crippen LogP contribution in [0.25, 0.3) is 0 Å². The van der Waals surface area contributed by atoms with Gasteiger partial charge in [0.15, 0.2) is 6.61 Å². The number of hydrogen-bond acceptors (Lipinski definition) is 4. The predicted molar refractivity (Wildman–Crippen MR) is 109 cm³/mol. The van der Waals surface area contributed by atoms with Crippen LogP contribution in [-0.2, 0) is 22.7 Å². The van der Waals surface area contributed by atoms with Gasteiger partial charge in [-0.25, -0.2) is 0 Å². The van der Waals surface area contributed by atoms with E-state index in [0.717, 1.165) is 11.1 Å². The quantitative estimate of drug-likeness (QED) is 0.672. The first kappa shape index (κ1) is 18.7. The minimum Gasteiger partial charge on any atom is -0.482 e. The Labute approximate surface area is 168 Å². The van der Waals surface area contributed by atoms with Gasteiger partial charge in [0.05, 0.1) is 12.2 Å². The number of nitrogens with zero attached hydrogens (tertiary/aromatic N) is 3. The van der Waals surface area contributed by atoms with Crippen LogP contribution < -0.4 is 15.0 Å². The third kappa shape index (κ3) is 4.45. The summed E-state index contributed by atoms with van der Waals surface area (Å²) in [5.74, 6) is 0.428. The van der Waals surface area contributed by atoms with Crippen LogP contribution >= 0.6 is 0 Å². The number of para-hydroxylation sites is 2. The Morgan fingerprint density at radius 1 is 1.07 bits per heavy atom. The minimum absolute atomic E-state index is 0.000560. The Bertz CT molecular complexity index is 1000. The predicted octanol–water partition coefficient (Wildman–Crippen LogP) is 2.36. The number of fused-ring (bicyclic) bond motifs is 1. The van der Waals surface area contributed by atoms with Crippen molar-refractivity contribution in [2.24, 2.45) is 0 Å². The maximum absolute atomic E-state index is 12.4. The summed E-state index contributed by atoms with van der Waals surface area (Å²) >= 11 is 0. The van der Waals surface area contributed by atoms with E-state index < -0.39 is 0 Å². The van der Waals surface area contributed by atoms with Gasteiger partial charge in [-0.05, 0) is 29.3 Å². The highest BCUT2D eigenvalue weighted by Crippen LogP contribution is 2.31. The summed E-state index contributed by atoms with van der Waals surface area (Å²) in [6.07, 6.45) is 3.88. The number of rotatable bonds is 7. The molecule has 3 aromatic rings. The van der Waals surface area contributed by atoms with Crippen molar-refractivity contribution in [3.05, 3.63) is 78.1 Å². The molecule has 0 fully saturated rings. The zero-order valence-corrected chi connectivity index (χ0v) is 16.0. The van der Waals surface area contributed by atoms with Gasteiger partial charge in [-0.3, -0.25) is 14.3 Å². The molecular weight excluding hydrogens is 368 g/mol. The maximum atomic E-state index is 12.4. The first-order valence-electron chi connectivity index (χ1n) is 9.54. The van der Waals surface area contributed by atoms with Gasteiger partial charge in [0.25, 0.3) is 5.91 Å². The summed E-state index contributed by atoms with van der Waals surface area (Å²) < 4.78 is 7.28. The molecule has 148 valence electrons. The summed E-state index contributed by atoms with van der Waals surface area (Å²) in [5, 5.41) is 7.20. The van der Waals surface area contributed by atoms with Crippen LogP contribution in [-0.4, -0.2) is 34.7 Å². The number of nitrogens with one attached hydrogen (secondary N) is 1. The second kappa shape index (κ2) is 8.60. The fourth-order valence-corrected chi connectivity index (χ4v) is 3.35. The lowest BCUT2D eigenvalue weighted by atomic mass is 10.1. The molecule has 1 aromatic heterocycles. The van der Waals surface area contributed by atoms with Crippen molar-refractivity contribution in [3.63, 3.8) is 0 Å². The van der Waals surface area contributed by atoms with E-state index in [1.165, 1.54) is 0 Å². The smallest absolute Gasteiger partial charge is 0.265 e. The van der Waals surface area contributed by atoms with E-state index in [-0.39, 0.29) is 24.8 Å². The van der Waals surface area contributed by atoms with Crippen molar-refractivity contribution in [3.8, 4) is 5.75 Å². The average molecular weight is 390 g/mol. The molecule has 7 heteroatoms. The normalized spacial score (nSPS) is 13.0. The molecule has 1 aliphatic heterocycles. The standard InChI is InChI=1S/C22H22N4O3/c27-21(10-13-26-19-8-3-4-9-20(19)29-16-22(26)28)23-14-17-6-1-2-7-18(17)15-25-12-5-11-24-25/h1-9,11-12H,10,13-16H2,(H,23,27). The van der Waals surface area contributed by atoms with E-state index in [1.54, 1.807) is 11.1 Å². The zero-order chi connectivity index (χ0) is 20.1. The van der Waals surface area contributed by atoms with Crippen LogP contribution in [0.3, 0.4) is 0 Å². The molecule has 0 atom stereocenters. The molecular formula is C22H22N4O3. The zero-order valence-electron chi connectivity index (χ0n) is 16.0. The van der Waals surface area contributed by atoms with Crippen molar-refractivity contribution >= 4 is 17.5 Å². The second-order valence-corrected chi connectivity index (χ2v) is 6.80. The lowest BCUT2D eigenvalue weighted by molar-refractivity contribution is -0.122. The molecule has 0 spiro atoms. The van der Waals surface area contributed by atoms with Crippen molar-refractivity contribution in [2.75, 3.05) is 18.1 Å². The lowest BCUT2D eigenvalue weighted by Gasteiger charge is -2.29. The topological polar surface area (TPSA) is 76.5 Å². The molecule has 0 aliphatic carbocycles. The van der Waals surface area contributed by atoms with Gasteiger partial charge < -0.3 is 15.0 Å². The van der Waals surface area contributed by atoms with Crippen LogP contribution in [0.2, 0.25) is 0 Å². The average Bonchev–Trinajstić information content (AvgIpc) is 3.25. The van der Waals surface area contributed by atoms with Gasteiger partial charge in [0, 0.05) is 31.9 Å². The van der Waals surface area contributed by atoms with Gasteiger partial charge in [-0.2, -0.15) is 5.10 Å². The van der Waals surface area contributed by atoms with Crippen LogP contribution in [0.5, 0.6) is 5.75 Å². The SMILES string of the molecule is O=C(CCN1C(=O)COc2ccccc21)NCc1ccccc1Cn1cccn1. The van der Waals surface area contributed by atoms with Crippen molar-refractivity contribution in [1.82, 2.24) is 15.1 Å². The van der Waals surface area contributed by atoms with Crippen molar-refractivity contribution in [1.29, 1.82) is 0 Å². The summed E-state index contributed by atoms with van der Waals surface area (Å²) in [7, 11) is 0. The van der Waals surface area contributed by atoms with Crippen LogP contribution in [0.4, 0.5) is 5.69 Å². The molecule has 2 heterocycles. The molecule has 0 saturated carbocycles. The van der Waals surface area contributed by atoms with E-state index in [1.807, 2.05) is 65.5 Å². The highest BCUT2D eigenvalue weighted by atomic mass is 16.5. The fraction of sp³-hybridized carbons (Fsp3) is 0.227. The van der Waals surface area contributed by atoms with E-state index in [0.29, 0.717) is 31.1 Å². The third-order valence-electron chi connectivity index (χ3n) is 4.86. The molecule has 4 rings (SSSR count). The largest absolute Gasteiger partial charge is 0.482 e. The Hall–Kier alpha value is -3.61. The van der Waals surface area contributed by atoms with Gasteiger partial charge >= 0.3 is 0 Å². The number of anilines is 1. The van der Waals surface area contributed by atoms with Gasteiger partial charge in [-0.15, -0.1) is 0 Å². The molecule has 29 heavy (non-hydrogen) atoms. The number of amides is 2. The third-order valence-corrected chi connectivity index (χ3v) is 4.86. The highest BCUT2D eigenvalue weighted by molar-refractivity contribution is 5.98. The Kier molecular flexibility index (Phi) is 5.56. The van der Waals surface area contributed by atoms with Crippen molar-refractivity contribution < 1.29 is 14.3 Å². The van der Waals surface area contributed by atoms with Crippen LogP contribution in [0, 0.1) is 0 Å².